The van der Waals surface area contributed by atoms with Gasteiger partial charge in [-0.15, -0.1) is 0 Å². The molecule has 0 saturated carbocycles. The summed E-state index contributed by atoms with van der Waals surface area (Å²) >= 11 is 5.89. The Kier molecular flexibility index (Phi) is 3.82. The molecule has 0 aliphatic rings. The van der Waals surface area contributed by atoms with E-state index in [2.05, 4.69) is 4.98 Å². The lowest BCUT2D eigenvalue weighted by atomic mass is 10.2. The van der Waals surface area contributed by atoms with Crippen molar-refractivity contribution in [3.8, 4) is 5.69 Å². The fourth-order valence-corrected chi connectivity index (χ4v) is 3.23. The van der Waals surface area contributed by atoms with Gasteiger partial charge in [-0.3, -0.25) is 4.57 Å². The molecule has 108 valence electrons. The van der Waals surface area contributed by atoms with Crippen LogP contribution in [0.5, 0.6) is 0 Å². The molecule has 3 aromatic rings. The highest BCUT2D eigenvalue weighted by Crippen LogP contribution is 2.32. The first-order valence-electron chi connectivity index (χ1n) is 6.32. The van der Waals surface area contributed by atoms with Gasteiger partial charge in [0.05, 0.1) is 16.7 Å². The number of benzene rings is 2. The zero-order chi connectivity index (χ0) is 15.0. The van der Waals surface area contributed by atoms with Gasteiger partial charge in [0, 0.05) is 4.90 Å². The van der Waals surface area contributed by atoms with Crippen molar-refractivity contribution in [3.63, 3.8) is 0 Å². The van der Waals surface area contributed by atoms with E-state index in [1.54, 1.807) is 18.2 Å². The number of aromatic nitrogens is 2. The van der Waals surface area contributed by atoms with Crippen LogP contribution < -0.4 is 0 Å². The van der Waals surface area contributed by atoms with E-state index in [1.807, 2.05) is 35.8 Å². The molecule has 6 heteroatoms. The van der Waals surface area contributed by atoms with E-state index < -0.39 is 5.76 Å². The number of aryl methyl sites for hydroxylation is 1. The highest BCUT2D eigenvalue weighted by molar-refractivity contribution is 7.99. The number of nitrogens with one attached hydrogen (secondary N) is 1. The van der Waals surface area contributed by atoms with E-state index >= 15 is 0 Å². The largest absolute Gasteiger partial charge is 0.330 e. The van der Waals surface area contributed by atoms with Crippen LogP contribution in [0.4, 0.5) is 8.78 Å². The second-order valence-electron chi connectivity index (χ2n) is 4.63. The molecule has 1 heterocycles. The molecule has 0 fully saturated rings. The molecular weight excluding hydrogens is 310 g/mol. The average Bonchev–Trinajstić information content (AvgIpc) is 2.74. The number of fused-ring (bicyclic) bond motifs is 1. The van der Waals surface area contributed by atoms with E-state index in [-0.39, 0.29) is 0 Å². The van der Waals surface area contributed by atoms with Crippen LogP contribution in [0.3, 0.4) is 0 Å². The van der Waals surface area contributed by atoms with Crippen LogP contribution >= 0.6 is 24.0 Å². The van der Waals surface area contributed by atoms with Gasteiger partial charge < -0.3 is 4.98 Å². The maximum Gasteiger partial charge on any atom is 0.288 e. The fraction of sp³-hybridized carbons (Fsp3) is 0.133. The third-order valence-corrected chi connectivity index (χ3v) is 4.22. The fourth-order valence-electron chi connectivity index (χ4n) is 2.29. The van der Waals surface area contributed by atoms with Crippen molar-refractivity contribution in [3.05, 3.63) is 52.8 Å². The SMILES string of the molecule is Cc1ccc2[nH]c(=S)n(-c3ccccc3SC(F)F)c2c1. The summed E-state index contributed by atoms with van der Waals surface area (Å²) in [6.07, 6.45) is 0. The van der Waals surface area contributed by atoms with Gasteiger partial charge in [0.1, 0.15) is 0 Å². The van der Waals surface area contributed by atoms with Crippen LogP contribution in [0, 0.1) is 11.7 Å². The van der Waals surface area contributed by atoms with Gasteiger partial charge in [0.25, 0.3) is 5.76 Å². The van der Waals surface area contributed by atoms with Gasteiger partial charge in [-0.05, 0) is 49.0 Å². The minimum Gasteiger partial charge on any atom is -0.330 e. The summed E-state index contributed by atoms with van der Waals surface area (Å²) < 4.78 is 27.8. The Balaban J connectivity index is 2.28. The third-order valence-electron chi connectivity index (χ3n) is 3.16. The first kappa shape index (κ1) is 14.3. The molecule has 0 bridgehead atoms. The Morgan fingerprint density at radius 2 is 1.95 bits per heavy atom. The Bertz CT molecular complexity index is 852. The molecule has 2 aromatic carbocycles. The van der Waals surface area contributed by atoms with Crippen molar-refractivity contribution in [2.45, 2.75) is 17.6 Å². The summed E-state index contributed by atoms with van der Waals surface area (Å²) in [5.41, 5.74) is 3.54. The zero-order valence-corrected chi connectivity index (χ0v) is 12.8. The number of nitrogens with zero attached hydrogens (tertiary/aromatic N) is 1. The number of alkyl halides is 2. The molecule has 0 aliphatic heterocycles. The maximum atomic E-state index is 12.7. The van der Waals surface area contributed by atoms with Gasteiger partial charge in [0.2, 0.25) is 0 Å². The normalized spacial score (nSPS) is 11.4. The molecule has 2 nitrogen and oxygen atoms in total. The summed E-state index contributed by atoms with van der Waals surface area (Å²) in [5.74, 6) is -2.47. The lowest BCUT2D eigenvalue weighted by molar-refractivity contribution is 0.252. The van der Waals surface area contributed by atoms with Crippen molar-refractivity contribution in [1.29, 1.82) is 0 Å². The molecule has 0 aliphatic carbocycles. The molecule has 0 atom stereocenters. The van der Waals surface area contributed by atoms with Gasteiger partial charge in [-0.2, -0.15) is 8.78 Å². The number of para-hydroxylation sites is 1. The van der Waals surface area contributed by atoms with Crippen LogP contribution in [0.15, 0.2) is 47.4 Å². The predicted molar refractivity (Wildman–Crippen MR) is 85.1 cm³/mol. The van der Waals surface area contributed by atoms with Gasteiger partial charge in [-0.1, -0.05) is 30.0 Å². The first-order valence-corrected chi connectivity index (χ1v) is 7.60. The smallest absolute Gasteiger partial charge is 0.288 e. The first-order chi connectivity index (χ1) is 10.1. The van der Waals surface area contributed by atoms with Gasteiger partial charge in [0.15, 0.2) is 4.77 Å². The second-order valence-corrected chi connectivity index (χ2v) is 6.05. The number of halogens is 2. The monoisotopic (exact) mass is 322 g/mol. The van der Waals surface area contributed by atoms with Gasteiger partial charge in [-0.25, -0.2) is 0 Å². The molecule has 21 heavy (non-hydrogen) atoms. The maximum absolute atomic E-state index is 12.7. The number of hydrogen-bond donors (Lipinski definition) is 1. The lowest BCUT2D eigenvalue weighted by Gasteiger charge is -2.10. The number of thioether (sulfide) groups is 1. The summed E-state index contributed by atoms with van der Waals surface area (Å²) in [5, 5.41) is 0. The van der Waals surface area contributed by atoms with E-state index in [1.165, 1.54) is 0 Å². The minimum absolute atomic E-state index is 0.498. The molecule has 0 saturated heterocycles. The van der Waals surface area contributed by atoms with Crippen molar-refractivity contribution >= 4 is 35.0 Å². The van der Waals surface area contributed by atoms with Crippen LogP contribution in [-0.4, -0.2) is 15.3 Å². The van der Waals surface area contributed by atoms with E-state index in [0.717, 1.165) is 16.6 Å². The van der Waals surface area contributed by atoms with Crippen LogP contribution in [0.25, 0.3) is 16.7 Å². The standard InChI is InChI=1S/C15H12F2N2S2/c1-9-6-7-10-12(8-9)19(15(20)18-10)11-4-2-3-5-13(11)21-14(16)17/h2-8,14H,1H3,(H,18,20). The van der Waals surface area contributed by atoms with E-state index in [4.69, 9.17) is 12.2 Å². The lowest BCUT2D eigenvalue weighted by Crippen LogP contribution is -1.97. The second kappa shape index (κ2) is 5.61. The van der Waals surface area contributed by atoms with Crippen molar-refractivity contribution < 1.29 is 8.78 Å². The molecular formula is C15H12F2N2S2. The average molecular weight is 322 g/mol. The predicted octanol–water partition coefficient (Wildman–Crippen LogP) is 5.31. The molecule has 1 N–H and O–H groups in total. The van der Waals surface area contributed by atoms with E-state index in [0.29, 0.717) is 27.1 Å². The zero-order valence-electron chi connectivity index (χ0n) is 11.1. The summed E-state index contributed by atoms with van der Waals surface area (Å²) in [7, 11) is 0. The quantitative estimate of drug-likeness (QED) is 0.521. The Morgan fingerprint density at radius 3 is 2.71 bits per heavy atom. The van der Waals surface area contributed by atoms with Gasteiger partial charge >= 0.3 is 0 Å². The van der Waals surface area contributed by atoms with Crippen LogP contribution in [0.2, 0.25) is 0 Å². The number of imidazole rings is 1. The Hall–Kier alpha value is -1.66. The molecule has 0 radical (unpaired) electrons. The topological polar surface area (TPSA) is 20.7 Å². The summed E-state index contributed by atoms with van der Waals surface area (Å²) in [6, 6.07) is 13.0. The highest BCUT2D eigenvalue weighted by atomic mass is 32.2. The summed E-state index contributed by atoms with van der Waals surface area (Å²) in [4.78, 5) is 3.62. The van der Waals surface area contributed by atoms with Crippen LogP contribution in [-0.2, 0) is 0 Å². The highest BCUT2D eigenvalue weighted by Gasteiger charge is 2.14. The minimum atomic E-state index is -2.47. The van der Waals surface area contributed by atoms with Crippen molar-refractivity contribution in [1.82, 2.24) is 9.55 Å². The molecule has 1 aromatic heterocycles. The molecule has 0 unspecified atom stereocenters. The molecule has 0 amide bonds. The number of H-pyrrole nitrogens is 1. The molecule has 0 spiro atoms. The van der Waals surface area contributed by atoms with Crippen molar-refractivity contribution in [2.24, 2.45) is 0 Å². The Labute approximate surface area is 129 Å². The van der Waals surface area contributed by atoms with E-state index in [9.17, 15) is 8.78 Å². The number of rotatable bonds is 3. The number of hydrogen-bond acceptors (Lipinski definition) is 2. The molecule has 3 rings (SSSR count). The Morgan fingerprint density at radius 1 is 1.19 bits per heavy atom. The van der Waals surface area contributed by atoms with Crippen LogP contribution in [0.1, 0.15) is 5.56 Å². The number of aromatic amines is 1. The van der Waals surface area contributed by atoms with Crippen molar-refractivity contribution in [2.75, 3.05) is 0 Å². The summed E-state index contributed by atoms with van der Waals surface area (Å²) in [6.45, 7) is 1.99. The third kappa shape index (κ3) is 2.73.